The fourth-order valence-electron chi connectivity index (χ4n) is 6.54. The first-order valence-corrected chi connectivity index (χ1v) is 21.4. The van der Waals surface area contributed by atoms with Crippen LogP contribution in [0, 0.1) is 0 Å². The van der Waals surface area contributed by atoms with E-state index in [0.717, 1.165) is 29.3 Å². The Morgan fingerprint density at radius 1 is 0.557 bits per heavy atom. The first-order chi connectivity index (χ1) is 32.7. The molecule has 0 saturated carbocycles. The van der Waals surface area contributed by atoms with Crippen molar-refractivity contribution in [1.82, 2.24) is 0 Å². The van der Waals surface area contributed by atoms with Crippen molar-refractivity contribution in [3.63, 3.8) is 0 Å². The Labute approximate surface area is 443 Å². The molecule has 20 nitrogen and oxygen atoms in total. The number of hydrogen-bond acceptors (Lipinski definition) is 20. The summed E-state index contributed by atoms with van der Waals surface area (Å²) in [6, 6.07) is 36.3. The Morgan fingerprint density at radius 2 is 1.16 bits per heavy atom. The summed E-state index contributed by atoms with van der Waals surface area (Å²) in [7, 11) is -5.15. The van der Waals surface area contributed by atoms with Gasteiger partial charge in [0.25, 0.3) is 0 Å². The third kappa shape index (κ3) is 12.3. The standard InChI is InChI=1S/C47H36N14O6S.2Na/c48-28-12-19-39(38(50)22-28)57-55-31-4-3-5-32(23-31)56-61-46-40(20-18-37(49)44(46)51)58-59-41-25-43(68(65,66)67)45(35-7-2-1-6-34(35)41)60-53-30-15-10-27(11-16-30)26-8-13-29(14-9-26)52-54-33-17-21-42(62)36(24-33)47(63)64;;/h1-25,52H,48-51H2,(H,63,64)(H,65,66,67);;/q;2*+1/p-2. The van der Waals surface area contributed by atoms with Crippen molar-refractivity contribution < 1.29 is 86.8 Å². The average molecular weight is 969 g/mol. The van der Waals surface area contributed by atoms with Crippen LogP contribution in [0.2, 0.25) is 0 Å². The first kappa shape index (κ1) is 51.8. The molecule has 0 spiro atoms. The summed E-state index contributed by atoms with van der Waals surface area (Å²) in [4.78, 5) is 22.2. The van der Waals surface area contributed by atoms with Crippen molar-refractivity contribution in [2.45, 2.75) is 4.90 Å². The zero-order valence-corrected chi connectivity index (χ0v) is 41.9. The Kier molecular flexibility index (Phi) is 16.8. The van der Waals surface area contributed by atoms with Crippen molar-refractivity contribution in [3.05, 3.63) is 157 Å². The van der Waals surface area contributed by atoms with Crippen LogP contribution < -0.4 is 92.6 Å². The maximum atomic E-state index is 12.8. The zero-order chi connectivity index (χ0) is 48.0. The largest absolute Gasteiger partial charge is 1.00 e. The van der Waals surface area contributed by atoms with Crippen LogP contribution in [0.1, 0.15) is 0 Å². The summed E-state index contributed by atoms with van der Waals surface area (Å²) in [5.74, 6) is -2.26. The number of nitrogens with two attached hydrogens (primary N) is 4. The number of nitrogens with zero attached hydrogens (tertiary/aromatic N) is 9. The third-order valence-corrected chi connectivity index (χ3v) is 10.8. The van der Waals surface area contributed by atoms with E-state index >= 15 is 0 Å². The molecule has 7 aromatic carbocycles. The fourth-order valence-corrected chi connectivity index (χ4v) is 7.18. The summed E-state index contributed by atoms with van der Waals surface area (Å²) >= 11 is 0. The van der Waals surface area contributed by atoms with Crippen LogP contribution in [0.3, 0.4) is 0 Å². The quantitative estimate of drug-likeness (QED) is 0.0209. The number of benzene rings is 7. The van der Waals surface area contributed by atoms with E-state index in [4.69, 9.17) is 22.9 Å². The Hall–Kier alpha value is -7.60. The van der Waals surface area contributed by atoms with Crippen molar-refractivity contribution >= 4 is 112 Å². The van der Waals surface area contributed by atoms with Gasteiger partial charge >= 0.3 is 59.1 Å². The van der Waals surface area contributed by atoms with Gasteiger partial charge in [-0.2, -0.15) is 20.4 Å². The number of nitrogens with one attached hydrogen (secondary N) is 1. The van der Waals surface area contributed by atoms with Gasteiger partial charge in [0.2, 0.25) is 0 Å². The molecule has 0 aromatic heterocycles. The van der Waals surface area contributed by atoms with Crippen LogP contribution in [0.15, 0.2) is 208 Å². The molecule has 0 aliphatic heterocycles. The number of rotatable bonds is 13. The van der Waals surface area contributed by atoms with Gasteiger partial charge in [-0.15, -0.1) is 25.6 Å². The SMILES string of the molecule is Nc1ccc(N=Nc2cccc(N=Nc3c(N=Nc4cc(S(=O)(=O)[O-])c(N=Nc5ccc(-c6ccc(NN=C7C=CC(=O)C(C(=O)[O-])=C7)cc6)cc5)c5ccccc45)ccc(N)c3N)c2)c(N)c1.[Na+].[Na+]. The van der Waals surface area contributed by atoms with E-state index in [1.807, 2.05) is 12.1 Å². The number of fused-ring (bicyclic) bond motifs is 1. The molecule has 0 saturated heterocycles. The maximum absolute atomic E-state index is 12.8. The number of azo groups is 4. The second kappa shape index (κ2) is 22.7. The van der Waals surface area contributed by atoms with Crippen LogP contribution in [0.4, 0.5) is 73.9 Å². The van der Waals surface area contributed by atoms with E-state index in [9.17, 15) is 27.7 Å². The predicted octanol–water partition coefficient (Wildman–Crippen LogP) is 3.99. The van der Waals surface area contributed by atoms with E-state index in [-0.39, 0.29) is 104 Å². The molecule has 0 bridgehead atoms. The van der Waals surface area contributed by atoms with Gasteiger partial charge in [0.15, 0.2) is 5.78 Å². The van der Waals surface area contributed by atoms with Gasteiger partial charge in [-0.25, -0.2) is 8.42 Å². The predicted molar refractivity (Wildman–Crippen MR) is 256 cm³/mol. The van der Waals surface area contributed by atoms with Gasteiger partial charge in [0.1, 0.15) is 32.9 Å². The molecule has 70 heavy (non-hydrogen) atoms. The van der Waals surface area contributed by atoms with Crippen molar-refractivity contribution in [1.29, 1.82) is 0 Å². The normalized spacial score (nSPS) is 13.3. The number of carboxylic acid groups (broad SMARTS) is 1. The molecule has 0 unspecified atom stereocenters. The molecule has 0 atom stereocenters. The second-order valence-electron chi connectivity index (χ2n) is 14.6. The van der Waals surface area contributed by atoms with Crippen LogP contribution >= 0.6 is 0 Å². The summed E-state index contributed by atoms with van der Waals surface area (Å²) in [6.07, 6.45) is 3.60. The van der Waals surface area contributed by atoms with Gasteiger partial charge in [-0.3, -0.25) is 10.2 Å². The van der Waals surface area contributed by atoms with Crippen LogP contribution in [0.25, 0.3) is 21.9 Å². The molecule has 0 amide bonds. The number of ketones is 1. The number of aliphatic carboxylic acids is 1. The van der Waals surface area contributed by atoms with Crippen molar-refractivity contribution in [3.8, 4) is 11.1 Å². The molecular formula is C47H34N14Na2O6S. The molecule has 0 heterocycles. The molecule has 1 aliphatic carbocycles. The van der Waals surface area contributed by atoms with E-state index in [0.29, 0.717) is 45.2 Å². The van der Waals surface area contributed by atoms with E-state index in [1.54, 1.807) is 103 Å². The summed E-state index contributed by atoms with van der Waals surface area (Å²) in [5.41, 5.74) is 31.7. The van der Waals surface area contributed by atoms with E-state index in [1.165, 1.54) is 18.2 Å². The number of carbonyl (C=O) groups is 2. The number of hydrazone groups is 1. The molecule has 23 heteroatoms. The average Bonchev–Trinajstić information content (AvgIpc) is 3.33. The second-order valence-corrected chi connectivity index (χ2v) is 16.0. The number of carbonyl (C=O) groups excluding carboxylic acids is 2. The van der Waals surface area contributed by atoms with Gasteiger partial charge in [0.05, 0.1) is 62.1 Å². The van der Waals surface area contributed by atoms with Gasteiger partial charge in [-0.05, 0) is 108 Å². The molecule has 0 fully saturated rings. The third-order valence-electron chi connectivity index (χ3n) is 9.99. The molecule has 1 aliphatic rings. The summed E-state index contributed by atoms with van der Waals surface area (Å²) in [5, 5.41) is 50.3. The topological polar surface area (TPSA) is 342 Å². The Balaban J connectivity index is 0.00000402. The minimum atomic E-state index is -5.15. The van der Waals surface area contributed by atoms with Gasteiger partial charge < -0.3 is 37.4 Å². The fraction of sp³-hybridized carbons (Fsp3) is 0. The van der Waals surface area contributed by atoms with Crippen LogP contribution in [-0.4, -0.2) is 30.4 Å². The molecule has 8 rings (SSSR count). The maximum Gasteiger partial charge on any atom is 1.00 e. The minimum Gasteiger partial charge on any atom is -0.744 e. The number of anilines is 5. The molecule has 7 aromatic rings. The molecular weight excluding hydrogens is 935 g/mol. The molecule has 336 valence electrons. The Morgan fingerprint density at radius 3 is 1.83 bits per heavy atom. The smallest absolute Gasteiger partial charge is 0.744 e. The van der Waals surface area contributed by atoms with Crippen molar-refractivity contribution in [2.24, 2.45) is 46.0 Å². The van der Waals surface area contributed by atoms with Crippen LogP contribution in [-0.2, 0) is 19.7 Å². The van der Waals surface area contributed by atoms with E-state index in [2.05, 4.69) is 51.4 Å². The monoisotopic (exact) mass is 968 g/mol. The molecule has 0 radical (unpaired) electrons. The zero-order valence-electron chi connectivity index (χ0n) is 37.1. The Bertz CT molecular complexity index is 3510. The number of nitrogen functional groups attached to an aromatic ring is 4. The molecule has 9 N–H and O–H groups in total. The van der Waals surface area contributed by atoms with Gasteiger partial charge in [-0.1, -0.05) is 54.6 Å². The minimum absolute atomic E-state index is 0. The summed E-state index contributed by atoms with van der Waals surface area (Å²) < 4.78 is 38.4. The number of hydrogen-bond donors (Lipinski definition) is 5. The van der Waals surface area contributed by atoms with Crippen LogP contribution in [0.5, 0.6) is 0 Å². The van der Waals surface area contributed by atoms with Gasteiger partial charge in [0, 0.05) is 22.0 Å². The first-order valence-electron chi connectivity index (χ1n) is 20.0. The van der Waals surface area contributed by atoms with E-state index < -0.39 is 32.3 Å². The van der Waals surface area contributed by atoms with Crippen molar-refractivity contribution in [2.75, 3.05) is 28.4 Å². The summed E-state index contributed by atoms with van der Waals surface area (Å²) in [6.45, 7) is 0. The number of carboxylic acids is 1. The number of allylic oxidation sites excluding steroid dienone is 3.